The summed E-state index contributed by atoms with van der Waals surface area (Å²) in [7, 11) is -1.82. The molecule has 0 amide bonds. The maximum Gasteiger partial charge on any atom is 0.116 e. The Bertz CT molecular complexity index is 714. The molecule has 0 heterocycles. The zero-order chi connectivity index (χ0) is 17.5. The summed E-state index contributed by atoms with van der Waals surface area (Å²) >= 11 is 0. The minimum absolute atomic E-state index is 0.0875. The molecule has 0 saturated carbocycles. The maximum absolute atomic E-state index is 9.38. The molecule has 3 rings (SSSR count). The van der Waals surface area contributed by atoms with Gasteiger partial charge in [0.25, 0.3) is 0 Å². The van der Waals surface area contributed by atoms with Crippen molar-refractivity contribution in [1.29, 1.82) is 0 Å². The molecule has 0 aliphatic heterocycles. The lowest BCUT2D eigenvalue weighted by Crippen LogP contribution is -2.33. The lowest BCUT2D eigenvalue weighted by molar-refractivity contribution is 0.342. The molecule has 0 aliphatic rings. The lowest BCUT2D eigenvalue weighted by atomic mass is 10.3. The Morgan fingerprint density at radius 1 is 0.720 bits per heavy atom. The highest BCUT2D eigenvalue weighted by molar-refractivity contribution is 7.95. The van der Waals surface area contributed by atoms with Crippen molar-refractivity contribution in [2.45, 2.75) is 6.92 Å². The normalized spacial score (nSPS) is 12.2. The van der Waals surface area contributed by atoms with Gasteiger partial charge in [0.05, 0.1) is 12.8 Å². The molecule has 126 valence electrons. The van der Waals surface area contributed by atoms with Crippen LogP contribution in [-0.4, -0.2) is 17.9 Å². The first-order chi connectivity index (χ1) is 12.3. The van der Waals surface area contributed by atoms with E-state index in [9.17, 15) is 5.11 Å². The first-order valence-electron chi connectivity index (χ1n) is 8.59. The smallest absolute Gasteiger partial charge is 0.116 e. The molecule has 0 atom stereocenters. The summed E-state index contributed by atoms with van der Waals surface area (Å²) in [5.41, 5.74) is 1.23. The second-order valence-corrected chi connectivity index (χ2v) is 9.69. The molecule has 0 unspecified atom stereocenters. The number of rotatable bonds is 6. The van der Waals surface area contributed by atoms with Crippen molar-refractivity contribution in [1.82, 2.24) is 0 Å². The fraction of sp³-hybridized carbons (Fsp3) is 0.130. The Hall–Kier alpha value is -2.21. The van der Waals surface area contributed by atoms with E-state index in [1.165, 1.54) is 21.5 Å². The first-order valence-corrected chi connectivity index (χ1v) is 10.6. The molecule has 0 spiro atoms. The van der Waals surface area contributed by atoms with Crippen LogP contribution in [0.2, 0.25) is 0 Å². The molecule has 0 radical (unpaired) electrons. The van der Waals surface area contributed by atoms with E-state index in [0.29, 0.717) is 0 Å². The van der Waals surface area contributed by atoms with Crippen LogP contribution in [0.15, 0.2) is 103 Å². The van der Waals surface area contributed by atoms with Crippen LogP contribution in [0.4, 0.5) is 0 Å². The summed E-state index contributed by atoms with van der Waals surface area (Å²) in [4.78, 5) is 0. The molecule has 3 aromatic carbocycles. The van der Waals surface area contributed by atoms with Gasteiger partial charge in [0.15, 0.2) is 0 Å². The van der Waals surface area contributed by atoms with Crippen molar-refractivity contribution in [3.8, 4) is 0 Å². The standard InChI is InChI=1S/C23H24OP/c1-20(17-18-24)19-25(21-11-5-2-6-12-21,22-13-7-3-8-14-22)23-15-9-4-10-16-23/h2-17,24H,18-19H2,1H3/q+1. The highest BCUT2D eigenvalue weighted by atomic mass is 31.2. The van der Waals surface area contributed by atoms with Crippen molar-refractivity contribution in [3.05, 3.63) is 103 Å². The monoisotopic (exact) mass is 347 g/mol. The van der Waals surface area contributed by atoms with E-state index in [2.05, 4.69) is 97.9 Å². The van der Waals surface area contributed by atoms with E-state index in [1.54, 1.807) is 0 Å². The van der Waals surface area contributed by atoms with Gasteiger partial charge in [0, 0.05) is 0 Å². The highest BCUT2D eigenvalue weighted by Gasteiger charge is 2.45. The summed E-state index contributed by atoms with van der Waals surface area (Å²) in [6.07, 6.45) is 2.87. The second-order valence-electron chi connectivity index (χ2n) is 6.21. The molecular weight excluding hydrogens is 323 g/mol. The fourth-order valence-electron chi connectivity index (χ4n) is 3.36. The van der Waals surface area contributed by atoms with E-state index >= 15 is 0 Å². The fourth-order valence-corrected chi connectivity index (χ4v) is 7.73. The van der Waals surface area contributed by atoms with Gasteiger partial charge in [-0.25, -0.2) is 0 Å². The molecule has 0 aromatic heterocycles. The van der Waals surface area contributed by atoms with Crippen molar-refractivity contribution < 1.29 is 5.11 Å². The van der Waals surface area contributed by atoms with Crippen molar-refractivity contribution in [3.63, 3.8) is 0 Å². The number of hydrogen-bond donors (Lipinski definition) is 1. The number of benzene rings is 3. The number of hydrogen-bond acceptors (Lipinski definition) is 1. The third-order valence-electron chi connectivity index (χ3n) is 4.52. The third-order valence-corrected chi connectivity index (χ3v) is 9.03. The Morgan fingerprint density at radius 3 is 1.40 bits per heavy atom. The zero-order valence-electron chi connectivity index (χ0n) is 14.5. The van der Waals surface area contributed by atoms with Gasteiger partial charge in [-0.15, -0.1) is 0 Å². The van der Waals surface area contributed by atoms with Gasteiger partial charge in [-0.05, 0) is 48.9 Å². The molecule has 0 fully saturated rings. The topological polar surface area (TPSA) is 20.2 Å². The van der Waals surface area contributed by atoms with Gasteiger partial charge < -0.3 is 5.11 Å². The van der Waals surface area contributed by atoms with Crippen molar-refractivity contribution in [2.24, 2.45) is 0 Å². The zero-order valence-corrected chi connectivity index (χ0v) is 15.4. The van der Waals surface area contributed by atoms with Crippen LogP contribution < -0.4 is 15.9 Å². The van der Waals surface area contributed by atoms with Gasteiger partial charge in [-0.3, -0.25) is 0 Å². The third kappa shape index (κ3) is 3.74. The lowest BCUT2D eigenvalue weighted by Gasteiger charge is -2.28. The minimum atomic E-state index is -1.82. The Morgan fingerprint density at radius 2 is 1.08 bits per heavy atom. The Balaban J connectivity index is 2.29. The van der Waals surface area contributed by atoms with Crippen LogP contribution >= 0.6 is 7.26 Å². The number of allylic oxidation sites excluding steroid dienone is 1. The first kappa shape index (κ1) is 17.6. The molecule has 0 saturated heterocycles. The van der Waals surface area contributed by atoms with Crippen LogP contribution in [0.25, 0.3) is 0 Å². The van der Waals surface area contributed by atoms with Crippen LogP contribution in [0.1, 0.15) is 6.92 Å². The molecule has 25 heavy (non-hydrogen) atoms. The second kappa shape index (κ2) is 8.25. The van der Waals surface area contributed by atoms with E-state index in [-0.39, 0.29) is 6.61 Å². The van der Waals surface area contributed by atoms with Crippen LogP contribution in [0, 0.1) is 0 Å². The summed E-state index contributed by atoms with van der Waals surface area (Å²) in [5, 5.41) is 13.5. The Kier molecular flexibility index (Phi) is 5.81. The SMILES string of the molecule is CC(=CCO)C[P+](c1ccccc1)(c1ccccc1)c1ccccc1. The van der Waals surface area contributed by atoms with Crippen molar-refractivity contribution in [2.75, 3.05) is 12.8 Å². The van der Waals surface area contributed by atoms with Gasteiger partial charge in [0.1, 0.15) is 23.2 Å². The van der Waals surface area contributed by atoms with E-state index in [0.717, 1.165) is 6.16 Å². The molecular formula is C23H24OP+. The maximum atomic E-state index is 9.38. The average molecular weight is 347 g/mol. The summed E-state index contributed by atoms with van der Waals surface area (Å²) in [6.45, 7) is 2.21. The van der Waals surface area contributed by atoms with Crippen LogP contribution in [0.5, 0.6) is 0 Å². The van der Waals surface area contributed by atoms with Crippen molar-refractivity contribution >= 4 is 23.2 Å². The van der Waals surface area contributed by atoms with E-state index in [4.69, 9.17) is 0 Å². The van der Waals surface area contributed by atoms with E-state index < -0.39 is 7.26 Å². The molecule has 0 aliphatic carbocycles. The largest absolute Gasteiger partial charge is 0.392 e. The summed E-state index contributed by atoms with van der Waals surface area (Å²) in [6, 6.07) is 32.5. The molecule has 1 N–H and O–H groups in total. The molecule has 3 aromatic rings. The van der Waals surface area contributed by atoms with Gasteiger partial charge in [-0.1, -0.05) is 60.7 Å². The van der Waals surface area contributed by atoms with Gasteiger partial charge >= 0.3 is 0 Å². The van der Waals surface area contributed by atoms with E-state index in [1.807, 2.05) is 6.08 Å². The highest BCUT2D eigenvalue weighted by Crippen LogP contribution is 2.56. The minimum Gasteiger partial charge on any atom is -0.392 e. The van der Waals surface area contributed by atoms with Gasteiger partial charge in [0.2, 0.25) is 0 Å². The van der Waals surface area contributed by atoms with Crippen LogP contribution in [0.3, 0.4) is 0 Å². The summed E-state index contributed by atoms with van der Waals surface area (Å²) < 4.78 is 0. The molecule has 0 bridgehead atoms. The number of aliphatic hydroxyl groups is 1. The Labute approximate surface area is 151 Å². The molecule has 2 heteroatoms. The van der Waals surface area contributed by atoms with Crippen LogP contribution in [-0.2, 0) is 0 Å². The summed E-state index contributed by atoms with van der Waals surface area (Å²) in [5.74, 6) is 0. The quantitative estimate of drug-likeness (QED) is 0.529. The number of aliphatic hydroxyl groups excluding tert-OH is 1. The molecule has 1 nitrogen and oxygen atoms in total. The average Bonchev–Trinajstić information content (AvgIpc) is 2.68. The predicted octanol–water partition coefficient (Wildman–Crippen LogP) is 3.92. The van der Waals surface area contributed by atoms with Gasteiger partial charge in [-0.2, -0.15) is 0 Å². The predicted molar refractivity (Wildman–Crippen MR) is 111 cm³/mol.